The number of halogens is 1. The Kier molecular flexibility index (Phi) is 2.65. The molecule has 0 N–H and O–H groups in total. The van der Waals surface area contributed by atoms with Crippen LogP contribution in [-0.4, -0.2) is 11.8 Å². The van der Waals surface area contributed by atoms with Crippen LogP contribution < -0.4 is 4.90 Å². The van der Waals surface area contributed by atoms with Crippen molar-refractivity contribution >= 4 is 17.5 Å². The van der Waals surface area contributed by atoms with Crippen LogP contribution in [0.25, 0.3) is 0 Å². The number of carbonyl (C=O) groups excluding carboxylic acids is 2. The number of carbonyl (C=O) groups is 2. The molecule has 94 valence electrons. The molecule has 1 saturated heterocycles. The van der Waals surface area contributed by atoms with Gasteiger partial charge >= 0.3 is 0 Å². The molecule has 0 aromatic heterocycles. The lowest BCUT2D eigenvalue weighted by Crippen LogP contribution is -2.30. The second-order valence-corrected chi connectivity index (χ2v) is 4.99. The van der Waals surface area contributed by atoms with Crippen molar-refractivity contribution in [2.24, 2.45) is 11.8 Å². The largest absolute Gasteiger partial charge is 0.274 e. The molecule has 0 bridgehead atoms. The first-order valence-corrected chi connectivity index (χ1v) is 6.32. The van der Waals surface area contributed by atoms with E-state index in [9.17, 15) is 14.0 Å². The lowest BCUT2D eigenvalue weighted by molar-refractivity contribution is -0.122. The Balaban J connectivity index is 1.95. The highest BCUT2D eigenvalue weighted by molar-refractivity contribution is 6.22. The molecule has 3 rings (SSSR count). The number of anilines is 1. The Morgan fingerprint density at radius 1 is 0.944 bits per heavy atom. The van der Waals surface area contributed by atoms with Crippen molar-refractivity contribution < 1.29 is 14.0 Å². The number of hydrogen-bond acceptors (Lipinski definition) is 2. The molecule has 2 amide bonds. The Hall–Kier alpha value is -1.71. The third-order valence-electron chi connectivity index (χ3n) is 3.93. The minimum atomic E-state index is -0.365. The van der Waals surface area contributed by atoms with Gasteiger partial charge in [-0.05, 0) is 37.1 Å². The Labute approximate surface area is 105 Å². The van der Waals surface area contributed by atoms with Gasteiger partial charge < -0.3 is 0 Å². The van der Waals surface area contributed by atoms with Crippen LogP contribution in [0.1, 0.15) is 25.7 Å². The molecule has 1 saturated carbocycles. The Morgan fingerprint density at radius 2 is 1.44 bits per heavy atom. The molecule has 2 atom stereocenters. The highest BCUT2D eigenvalue weighted by atomic mass is 19.1. The summed E-state index contributed by atoms with van der Waals surface area (Å²) in [4.78, 5) is 25.7. The maximum absolute atomic E-state index is 12.9. The first kappa shape index (κ1) is 11.4. The van der Waals surface area contributed by atoms with Gasteiger partial charge in [-0.3, -0.25) is 14.5 Å². The highest BCUT2D eigenvalue weighted by Crippen LogP contribution is 2.39. The number of benzene rings is 1. The van der Waals surface area contributed by atoms with Gasteiger partial charge in [0, 0.05) is 0 Å². The molecule has 0 unspecified atom stereocenters. The zero-order valence-electron chi connectivity index (χ0n) is 9.93. The number of hydrogen-bond donors (Lipinski definition) is 0. The first-order valence-electron chi connectivity index (χ1n) is 6.32. The summed E-state index contributed by atoms with van der Waals surface area (Å²) in [7, 11) is 0. The van der Waals surface area contributed by atoms with Gasteiger partial charge in [-0.15, -0.1) is 0 Å². The van der Waals surface area contributed by atoms with Crippen LogP contribution in [0.4, 0.5) is 10.1 Å². The number of fused-ring (bicyclic) bond motifs is 1. The van der Waals surface area contributed by atoms with Gasteiger partial charge in [0.05, 0.1) is 17.5 Å². The summed E-state index contributed by atoms with van der Waals surface area (Å²) in [5.74, 6) is -0.907. The van der Waals surface area contributed by atoms with Crippen molar-refractivity contribution in [3.63, 3.8) is 0 Å². The molecule has 1 aromatic rings. The maximum atomic E-state index is 12.9. The highest BCUT2D eigenvalue weighted by Gasteiger charge is 2.48. The van der Waals surface area contributed by atoms with E-state index >= 15 is 0 Å². The molecule has 2 fully saturated rings. The van der Waals surface area contributed by atoms with Crippen LogP contribution in [0.2, 0.25) is 0 Å². The molecule has 1 aliphatic heterocycles. The summed E-state index contributed by atoms with van der Waals surface area (Å²) in [5, 5.41) is 0. The number of imide groups is 1. The quantitative estimate of drug-likeness (QED) is 0.715. The monoisotopic (exact) mass is 247 g/mol. The van der Waals surface area contributed by atoms with E-state index in [-0.39, 0.29) is 29.5 Å². The van der Waals surface area contributed by atoms with Gasteiger partial charge in [0.2, 0.25) is 11.8 Å². The number of amides is 2. The molecule has 3 nitrogen and oxygen atoms in total. The van der Waals surface area contributed by atoms with Crippen molar-refractivity contribution in [3.8, 4) is 0 Å². The Morgan fingerprint density at radius 3 is 1.94 bits per heavy atom. The molecule has 0 spiro atoms. The van der Waals surface area contributed by atoms with E-state index in [1.807, 2.05) is 0 Å². The van der Waals surface area contributed by atoms with Crippen molar-refractivity contribution in [1.29, 1.82) is 0 Å². The first-order chi connectivity index (χ1) is 8.68. The fourth-order valence-corrected chi connectivity index (χ4v) is 3.01. The van der Waals surface area contributed by atoms with E-state index in [2.05, 4.69) is 0 Å². The normalized spacial score (nSPS) is 27.5. The number of rotatable bonds is 1. The zero-order chi connectivity index (χ0) is 12.7. The predicted octanol–water partition coefficient (Wildman–Crippen LogP) is 2.51. The molecule has 2 aliphatic rings. The summed E-state index contributed by atoms with van der Waals surface area (Å²) in [6.45, 7) is 0. The summed E-state index contributed by atoms with van der Waals surface area (Å²) >= 11 is 0. The average molecular weight is 247 g/mol. The van der Waals surface area contributed by atoms with E-state index in [0.29, 0.717) is 5.69 Å². The van der Waals surface area contributed by atoms with Crippen molar-refractivity contribution in [3.05, 3.63) is 30.1 Å². The Bertz CT molecular complexity index is 473. The molecule has 1 aliphatic carbocycles. The molecule has 0 radical (unpaired) electrons. The maximum Gasteiger partial charge on any atom is 0.237 e. The number of nitrogens with zero attached hydrogens (tertiary/aromatic N) is 1. The van der Waals surface area contributed by atoms with Gasteiger partial charge in [-0.1, -0.05) is 12.8 Å². The van der Waals surface area contributed by atoms with Gasteiger partial charge in [0.25, 0.3) is 0 Å². The second-order valence-electron chi connectivity index (χ2n) is 4.99. The van der Waals surface area contributed by atoms with E-state index in [1.165, 1.54) is 29.2 Å². The third kappa shape index (κ3) is 1.64. The topological polar surface area (TPSA) is 37.4 Å². The summed E-state index contributed by atoms with van der Waals surface area (Å²) in [6.07, 6.45) is 3.62. The van der Waals surface area contributed by atoms with E-state index < -0.39 is 0 Å². The van der Waals surface area contributed by atoms with E-state index in [1.54, 1.807) is 0 Å². The van der Waals surface area contributed by atoms with Crippen molar-refractivity contribution in [2.45, 2.75) is 25.7 Å². The molecular formula is C14H14FNO2. The van der Waals surface area contributed by atoms with Crippen LogP contribution in [0.15, 0.2) is 24.3 Å². The fourth-order valence-electron chi connectivity index (χ4n) is 3.01. The third-order valence-corrected chi connectivity index (χ3v) is 3.93. The van der Waals surface area contributed by atoms with Gasteiger partial charge in [-0.2, -0.15) is 0 Å². The van der Waals surface area contributed by atoms with Crippen LogP contribution in [0.3, 0.4) is 0 Å². The lowest BCUT2D eigenvalue weighted by Gasteiger charge is -2.19. The smallest absolute Gasteiger partial charge is 0.237 e. The fraction of sp³-hybridized carbons (Fsp3) is 0.429. The van der Waals surface area contributed by atoms with Crippen molar-refractivity contribution in [2.75, 3.05) is 4.90 Å². The van der Waals surface area contributed by atoms with Gasteiger partial charge in [0.15, 0.2) is 0 Å². The zero-order valence-corrected chi connectivity index (χ0v) is 9.93. The standard InChI is InChI=1S/C14H14FNO2/c15-9-5-7-10(8-6-9)16-13(17)11-3-1-2-4-12(11)14(16)18/h5-8,11-12H,1-4H2/t11-,12-/m1/s1. The van der Waals surface area contributed by atoms with Gasteiger partial charge in [0.1, 0.15) is 5.82 Å². The minimum Gasteiger partial charge on any atom is -0.274 e. The lowest BCUT2D eigenvalue weighted by atomic mass is 9.81. The SMILES string of the molecule is O=C1[C@@H]2CCCC[C@H]2C(=O)N1c1ccc(F)cc1. The second kappa shape index (κ2) is 4.19. The van der Waals surface area contributed by atoms with E-state index in [0.717, 1.165) is 25.7 Å². The molecule has 4 heteroatoms. The summed E-state index contributed by atoms with van der Waals surface area (Å²) < 4.78 is 12.9. The minimum absolute atomic E-state index is 0.115. The average Bonchev–Trinajstić information content (AvgIpc) is 2.64. The van der Waals surface area contributed by atoms with E-state index in [4.69, 9.17) is 0 Å². The van der Waals surface area contributed by atoms with Crippen molar-refractivity contribution in [1.82, 2.24) is 0 Å². The molecule has 1 heterocycles. The van der Waals surface area contributed by atoms with Crippen LogP contribution >= 0.6 is 0 Å². The van der Waals surface area contributed by atoms with Crippen LogP contribution in [-0.2, 0) is 9.59 Å². The van der Waals surface area contributed by atoms with Crippen LogP contribution in [0.5, 0.6) is 0 Å². The summed E-state index contributed by atoms with van der Waals surface area (Å²) in [5.41, 5.74) is 0.487. The van der Waals surface area contributed by atoms with Gasteiger partial charge in [-0.25, -0.2) is 4.39 Å². The molecule has 18 heavy (non-hydrogen) atoms. The predicted molar refractivity (Wildman–Crippen MR) is 64.3 cm³/mol. The molecular weight excluding hydrogens is 233 g/mol. The summed E-state index contributed by atoms with van der Waals surface area (Å²) in [6, 6.07) is 5.53. The van der Waals surface area contributed by atoms with Crippen LogP contribution in [0, 0.1) is 17.7 Å². The molecule has 1 aromatic carbocycles.